The van der Waals surface area contributed by atoms with Crippen LogP contribution in [0, 0.1) is 11.3 Å². The maximum Gasteiger partial charge on any atom is 0.202 e. The van der Waals surface area contributed by atoms with Crippen LogP contribution in [-0.4, -0.2) is 38.2 Å². The first kappa shape index (κ1) is 25.7. The SMILES string of the molecule is CC(COCCCC(C)Oc1c(Cl)cc(OCC=C(Cl)Cl)cc1Cl)=NOCC#N. The van der Waals surface area contributed by atoms with E-state index >= 15 is 0 Å². The van der Waals surface area contributed by atoms with Crippen molar-refractivity contribution in [3.8, 4) is 17.6 Å². The van der Waals surface area contributed by atoms with Crippen molar-refractivity contribution in [2.75, 3.05) is 26.4 Å². The van der Waals surface area contributed by atoms with Crippen LogP contribution in [0.4, 0.5) is 0 Å². The van der Waals surface area contributed by atoms with Crippen LogP contribution in [0.15, 0.2) is 27.9 Å². The summed E-state index contributed by atoms with van der Waals surface area (Å²) in [4.78, 5) is 4.75. The first-order valence-electron chi connectivity index (χ1n) is 8.73. The van der Waals surface area contributed by atoms with Crippen LogP contribution in [0.25, 0.3) is 0 Å². The van der Waals surface area contributed by atoms with Crippen molar-refractivity contribution in [3.63, 3.8) is 0 Å². The van der Waals surface area contributed by atoms with Gasteiger partial charge in [-0.2, -0.15) is 5.26 Å². The molecule has 10 heteroatoms. The van der Waals surface area contributed by atoms with Crippen molar-refractivity contribution in [3.05, 3.63) is 32.7 Å². The smallest absolute Gasteiger partial charge is 0.202 e. The van der Waals surface area contributed by atoms with E-state index < -0.39 is 0 Å². The normalized spacial score (nSPS) is 12.1. The predicted molar refractivity (Wildman–Crippen MR) is 117 cm³/mol. The third-order valence-corrected chi connectivity index (χ3v) is 4.21. The summed E-state index contributed by atoms with van der Waals surface area (Å²) >= 11 is 23.6. The summed E-state index contributed by atoms with van der Waals surface area (Å²) in [5.74, 6) is 0.882. The summed E-state index contributed by atoms with van der Waals surface area (Å²) in [6.45, 7) is 4.67. The summed E-state index contributed by atoms with van der Waals surface area (Å²) in [5.41, 5.74) is 0.661. The van der Waals surface area contributed by atoms with Gasteiger partial charge in [-0.05, 0) is 32.8 Å². The van der Waals surface area contributed by atoms with Gasteiger partial charge in [0.15, 0.2) is 5.75 Å². The molecule has 0 aliphatic rings. The van der Waals surface area contributed by atoms with E-state index in [1.807, 2.05) is 13.0 Å². The van der Waals surface area contributed by atoms with Gasteiger partial charge in [0.1, 0.15) is 22.9 Å². The van der Waals surface area contributed by atoms with Crippen LogP contribution in [-0.2, 0) is 9.57 Å². The number of benzene rings is 1. The Bertz CT molecular complexity index is 723. The number of halogens is 4. The topological polar surface area (TPSA) is 73.1 Å². The zero-order valence-electron chi connectivity index (χ0n) is 16.1. The second-order valence-corrected chi connectivity index (χ2v) is 7.72. The highest BCUT2D eigenvalue weighted by molar-refractivity contribution is 6.55. The van der Waals surface area contributed by atoms with Gasteiger partial charge in [-0.1, -0.05) is 51.6 Å². The quantitative estimate of drug-likeness (QED) is 0.190. The first-order valence-corrected chi connectivity index (χ1v) is 10.2. The van der Waals surface area contributed by atoms with E-state index in [9.17, 15) is 0 Å². The second kappa shape index (κ2) is 14.6. The molecular weight excluding hydrogens is 462 g/mol. The lowest BCUT2D eigenvalue weighted by molar-refractivity contribution is 0.137. The van der Waals surface area contributed by atoms with Gasteiger partial charge < -0.3 is 19.0 Å². The van der Waals surface area contributed by atoms with Crippen LogP contribution < -0.4 is 9.47 Å². The van der Waals surface area contributed by atoms with Crippen molar-refractivity contribution < 1.29 is 19.0 Å². The van der Waals surface area contributed by atoms with E-state index in [0.29, 0.717) is 40.5 Å². The number of hydrogen-bond donors (Lipinski definition) is 0. The van der Waals surface area contributed by atoms with Gasteiger partial charge in [-0.25, -0.2) is 0 Å². The van der Waals surface area contributed by atoms with Crippen LogP contribution >= 0.6 is 46.4 Å². The molecule has 0 saturated carbocycles. The molecule has 160 valence electrons. The minimum absolute atomic E-state index is 0.0801. The predicted octanol–water partition coefficient (Wildman–Crippen LogP) is 6.17. The molecule has 1 unspecified atom stereocenters. The largest absolute Gasteiger partial charge is 0.489 e. The minimum Gasteiger partial charge on any atom is -0.489 e. The molecule has 0 heterocycles. The summed E-state index contributed by atoms with van der Waals surface area (Å²) in [5, 5.41) is 12.8. The Balaban J connectivity index is 2.40. The molecule has 6 nitrogen and oxygen atoms in total. The van der Waals surface area contributed by atoms with Crippen molar-refractivity contribution >= 4 is 52.1 Å². The van der Waals surface area contributed by atoms with Gasteiger partial charge in [0.25, 0.3) is 0 Å². The average Bonchev–Trinajstić information content (AvgIpc) is 2.64. The molecule has 0 saturated heterocycles. The van der Waals surface area contributed by atoms with Crippen molar-refractivity contribution in [1.29, 1.82) is 5.26 Å². The third kappa shape index (κ3) is 11.4. The molecule has 0 N–H and O–H groups in total. The van der Waals surface area contributed by atoms with E-state index in [0.717, 1.165) is 12.8 Å². The lowest BCUT2D eigenvalue weighted by atomic mass is 10.2. The maximum absolute atomic E-state index is 8.36. The van der Waals surface area contributed by atoms with Gasteiger partial charge in [0.2, 0.25) is 6.61 Å². The molecule has 1 atom stereocenters. The lowest BCUT2D eigenvalue weighted by Crippen LogP contribution is -2.14. The summed E-state index contributed by atoms with van der Waals surface area (Å²) in [6.07, 6.45) is 2.90. The van der Waals surface area contributed by atoms with E-state index in [1.165, 1.54) is 6.08 Å². The molecule has 1 aromatic carbocycles. The molecule has 1 rings (SSSR count). The van der Waals surface area contributed by atoms with E-state index in [2.05, 4.69) is 5.16 Å². The number of nitrogens with zero attached hydrogens (tertiary/aromatic N) is 2. The lowest BCUT2D eigenvalue weighted by Gasteiger charge is -2.17. The van der Waals surface area contributed by atoms with Gasteiger partial charge in [0.05, 0.1) is 28.5 Å². The standard InChI is InChI=1S/C19H22Cl4N2O4/c1-13(25-28-9-6-24)12-26-7-3-4-14(2)29-19-16(20)10-15(11-17(19)21)27-8-5-18(22)23/h5,10-11,14H,3-4,7-9,12H2,1-2H3. The number of oxime groups is 1. The Labute approximate surface area is 190 Å². The Kier molecular flexibility index (Phi) is 12.9. The van der Waals surface area contributed by atoms with E-state index in [4.69, 9.17) is 70.7 Å². The fourth-order valence-electron chi connectivity index (χ4n) is 2.08. The zero-order valence-corrected chi connectivity index (χ0v) is 19.1. The molecule has 0 bridgehead atoms. The molecule has 0 amide bonds. The molecule has 0 aliphatic heterocycles. The third-order valence-electron chi connectivity index (χ3n) is 3.34. The second-order valence-electron chi connectivity index (χ2n) is 5.90. The highest BCUT2D eigenvalue weighted by Gasteiger charge is 2.14. The highest BCUT2D eigenvalue weighted by Crippen LogP contribution is 2.37. The molecule has 1 aromatic rings. The Hall–Kier alpha value is -1.36. The number of rotatable bonds is 13. The fraction of sp³-hybridized carbons (Fsp3) is 0.474. The van der Waals surface area contributed by atoms with Gasteiger partial charge in [0, 0.05) is 18.7 Å². The average molecular weight is 484 g/mol. The molecule has 0 aliphatic carbocycles. The summed E-state index contributed by atoms with van der Waals surface area (Å²) in [6, 6.07) is 5.07. The molecule has 0 spiro atoms. The van der Waals surface area contributed by atoms with Gasteiger partial charge >= 0.3 is 0 Å². The highest BCUT2D eigenvalue weighted by atomic mass is 35.5. The van der Waals surface area contributed by atoms with E-state index in [1.54, 1.807) is 19.1 Å². The fourth-order valence-corrected chi connectivity index (χ4v) is 2.77. The number of hydrogen-bond acceptors (Lipinski definition) is 6. The Morgan fingerprint density at radius 3 is 2.59 bits per heavy atom. The molecular formula is C19H22Cl4N2O4. The van der Waals surface area contributed by atoms with Crippen LogP contribution in [0.5, 0.6) is 11.5 Å². The monoisotopic (exact) mass is 482 g/mol. The van der Waals surface area contributed by atoms with Crippen LogP contribution in [0.1, 0.15) is 26.7 Å². The Morgan fingerprint density at radius 1 is 1.28 bits per heavy atom. The van der Waals surface area contributed by atoms with Crippen molar-refractivity contribution in [2.24, 2.45) is 5.16 Å². The van der Waals surface area contributed by atoms with Crippen LogP contribution in [0.2, 0.25) is 10.0 Å². The molecule has 0 fully saturated rings. The minimum atomic E-state index is -0.118. The van der Waals surface area contributed by atoms with Gasteiger partial charge in [-0.3, -0.25) is 0 Å². The number of nitriles is 1. The maximum atomic E-state index is 8.36. The van der Waals surface area contributed by atoms with Crippen LogP contribution in [0.3, 0.4) is 0 Å². The van der Waals surface area contributed by atoms with Crippen molar-refractivity contribution in [1.82, 2.24) is 0 Å². The zero-order chi connectivity index (χ0) is 21.6. The first-order chi connectivity index (χ1) is 13.8. The molecule has 0 aromatic heterocycles. The van der Waals surface area contributed by atoms with E-state index in [-0.39, 0.29) is 23.8 Å². The van der Waals surface area contributed by atoms with Crippen molar-refractivity contribution in [2.45, 2.75) is 32.8 Å². The summed E-state index contributed by atoms with van der Waals surface area (Å²) < 4.78 is 16.9. The Morgan fingerprint density at radius 2 is 1.97 bits per heavy atom. The summed E-state index contributed by atoms with van der Waals surface area (Å²) in [7, 11) is 0. The number of ether oxygens (including phenoxy) is 3. The molecule has 0 radical (unpaired) electrons. The molecule has 29 heavy (non-hydrogen) atoms. The van der Waals surface area contributed by atoms with Gasteiger partial charge in [-0.15, -0.1) is 0 Å².